The number of ether oxygens (including phenoxy) is 5. The minimum Gasteiger partial charge on any atom is -0.462 e. The maximum absolute atomic E-state index is 12.8. The van der Waals surface area contributed by atoms with Gasteiger partial charge in [-0.1, -0.05) is 45.9 Å². The number of nitrogens with zero attached hydrogens (tertiary/aromatic N) is 1. The average molecular weight is 644 g/mol. The SMILES string of the molecule is COCC1C(C)COC1(OC)C(OC(C)=O)C(C)C1C(OC(C)=O)CC2(C)C3CCC4C(C)C(=NOC)C=CC45CC35CCC12C. The van der Waals surface area contributed by atoms with Gasteiger partial charge in [-0.25, -0.2) is 0 Å². The van der Waals surface area contributed by atoms with E-state index < -0.39 is 11.9 Å². The standard InChI is InChI=1S/C37H57NO8/c1-21-18-44-37(42-9,27(21)19-41-8)32(46-25(5)40)23(3)31-29(45-24(4)39)17-34(7)30-12-11-26-22(2)28(38-43-10)13-14-35(26)20-36(30,35)16-15-33(31,34)6/h13-14,21-23,26-27,29-32H,11-12,15-20H2,1-10H3. The number of esters is 2. The van der Waals surface area contributed by atoms with Crippen LogP contribution < -0.4 is 0 Å². The van der Waals surface area contributed by atoms with E-state index in [1.807, 2.05) is 0 Å². The van der Waals surface area contributed by atoms with E-state index in [1.54, 1.807) is 21.3 Å². The van der Waals surface area contributed by atoms with Crippen LogP contribution in [0.2, 0.25) is 0 Å². The highest BCUT2D eigenvalue weighted by Gasteiger charge is 2.82. The summed E-state index contributed by atoms with van der Waals surface area (Å²) >= 11 is 0. The van der Waals surface area contributed by atoms with Crippen LogP contribution in [-0.2, 0) is 38.1 Å². The van der Waals surface area contributed by atoms with Gasteiger partial charge in [0.25, 0.3) is 0 Å². The number of hydrogen-bond acceptors (Lipinski definition) is 9. The van der Waals surface area contributed by atoms with Crippen LogP contribution in [0.15, 0.2) is 17.3 Å². The zero-order chi connectivity index (χ0) is 33.4. The molecule has 14 atom stereocenters. The van der Waals surface area contributed by atoms with Crippen LogP contribution in [-0.4, -0.2) is 70.2 Å². The number of carbonyl (C=O) groups is 2. The molecule has 0 amide bonds. The van der Waals surface area contributed by atoms with E-state index >= 15 is 0 Å². The van der Waals surface area contributed by atoms with Crippen molar-refractivity contribution in [3.05, 3.63) is 12.2 Å². The normalized spacial score (nSPS) is 49.3. The molecule has 0 aromatic heterocycles. The van der Waals surface area contributed by atoms with Gasteiger partial charge in [0.15, 0.2) is 6.10 Å². The van der Waals surface area contributed by atoms with Gasteiger partial charge in [0.2, 0.25) is 5.79 Å². The zero-order valence-electron chi connectivity index (χ0n) is 29.7. The molecule has 258 valence electrons. The second-order valence-electron chi connectivity index (χ2n) is 16.3. The molecule has 0 radical (unpaired) electrons. The van der Waals surface area contributed by atoms with Crippen LogP contribution in [0.1, 0.15) is 87.0 Å². The molecule has 2 spiro atoms. The van der Waals surface area contributed by atoms with E-state index in [1.165, 1.54) is 20.3 Å². The molecule has 5 aliphatic carbocycles. The number of hydrogen-bond donors (Lipinski definition) is 0. The molecule has 1 aliphatic heterocycles. The average Bonchev–Trinajstić information content (AvgIpc) is 3.47. The second kappa shape index (κ2) is 11.6. The fourth-order valence-electron chi connectivity index (χ4n) is 12.8. The molecule has 6 aliphatic rings. The third-order valence-corrected chi connectivity index (χ3v) is 14.7. The first kappa shape index (κ1) is 33.9. The van der Waals surface area contributed by atoms with Gasteiger partial charge < -0.3 is 28.5 Å². The van der Waals surface area contributed by atoms with Crippen molar-refractivity contribution < 1.29 is 38.1 Å². The molecule has 6 rings (SSSR count). The molecule has 0 N–H and O–H groups in total. The van der Waals surface area contributed by atoms with Crippen LogP contribution >= 0.6 is 0 Å². The fourth-order valence-corrected chi connectivity index (χ4v) is 12.8. The molecule has 9 nitrogen and oxygen atoms in total. The largest absolute Gasteiger partial charge is 0.462 e. The third kappa shape index (κ3) is 4.45. The van der Waals surface area contributed by atoms with Crippen LogP contribution in [0.25, 0.3) is 0 Å². The Morgan fingerprint density at radius 1 is 1.07 bits per heavy atom. The highest BCUT2D eigenvalue weighted by Crippen LogP contribution is 2.87. The highest BCUT2D eigenvalue weighted by atomic mass is 16.7. The Morgan fingerprint density at radius 2 is 1.80 bits per heavy atom. The molecule has 0 aromatic carbocycles. The van der Waals surface area contributed by atoms with Crippen LogP contribution in [0.5, 0.6) is 0 Å². The van der Waals surface area contributed by atoms with E-state index in [2.05, 4.69) is 51.9 Å². The Labute approximate surface area is 275 Å². The number of allylic oxidation sites excluding steroid dienone is 2. The number of rotatable bonds is 9. The monoisotopic (exact) mass is 643 g/mol. The molecule has 1 saturated heterocycles. The second-order valence-corrected chi connectivity index (χ2v) is 16.3. The zero-order valence-corrected chi connectivity index (χ0v) is 29.7. The van der Waals surface area contributed by atoms with Gasteiger partial charge in [0.05, 0.1) is 18.9 Å². The Bertz CT molecular complexity index is 1280. The summed E-state index contributed by atoms with van der Waals surface area (Å²) in [6.07, 6.45) is 10.2. The molecular formula is C37H57NO8. The van der Waals surface area contributed by atoms with E-state index in [4.69, 9.17) is 28.5 Å². The molecule has 4 saturated carbocycles. The van der Waals surface area contributed by atoms with E-state index in [-0.39, 0.29) is 63.4 Å². The van der Waals surface area contributed by atoms with Crippen molar-refractivity contribution in [1.82, 2.24) is 0 Å². The minimum atomic E-state index is -1.17. The molecule has 0 aromatic rings. The fraction of sp³-hybridized carbons (Fsp3) is 0.865. The summed E-state index contributed by atoms with van der Waals surface area (Å²) in [6, 6.07) is 0. The summed E-state index contributed by atoms with van der Waals surface area (Å²) in [5, 5.41) is 4.37. The first-order chi connectivity index (χ1) is 21.7. The van der Waals surface area contributed by atoms with Crippen molar-refractivity contribution in [3.8, 4) is 0 Å². The van der Waals surface area contributed by atoms with Crippen molar-refractivity contribution in [2.75, 3.05) is 34.5 Å². The number of oxime groups is 1. The Morgan fingerprint density at radius 3 is 2.43 bits per heavy atom. The van der Waals surface area contributed by atoms with Crippen molar-refractivity contribution in [3.63, 3.8) is 0 Å². The smallest absolute Gasteiger partial charge is 0.303 e. The predicted octanol–water partition coefficient (Wildman–Crippen LogP) is 6.19. The van der Waals surface area contributed by atoms with Crippen LogP contribution in [0.3, 0.4) is 0 Å². The topological polar surface area (TPSA) is 102 Å². The molecule has 5 fully saturated rings. The molecule has 9 heteroatoms. The van der Waals surface area contributed by atoms with Gasteiger partial charge in [-0.3, -0.25) is 9.59 Å². The predicted molar refractivity (Wildman–Crippen MR) is 172 cm³/mol. The molecular weight excluding hydrogens is 586 g/mol. The van der Waals surface area contributed by atoms with Gasteiger partial charge >= 0.3 is 11.9 Å². The lowest BCUT2D eigenvalue weighted by atomic mass is 9.43. The summed E-state index contributed by atoms with van der Waals surface area (Å²) in [5.74, 6) is -0.664. The lowest BCUT2D eigenvalue weighted by Crippen LogP contribution is -2.60. The lowest BCUT2D eigenvalue weighted by Gasteiger charge is -2.61. The Kier molecular flexibility index (Phi) is 8.54. The van der Waals surface area contributed by atoms with Gasteiger partial charge in [-0.2, -0.15) is 0 Å². The van der Waals surface area contributed by atoms with Crippen molar-refractivity contribution in [2.24, 2.45) is 68.2 Å². The quantitative estimate of drug-likeness (QED) is 0.216. The molecule has 14 unspecified atom stereocenters. The maximum Gasteiger partial charge on any atom is 0.303 e. The van der Waals surface area contributed by atoms with E-state index in [0.29, 0.717) is 31.0 Å². The molecule has 46 heavy (non-hydrogen) atoms. The van der Waals surface area contributed by atoms with Gasteiger partial charge in [-0.05, 0) is 84.0 Å². The van der Waals surface area contributed by atoms with Crippen molar-refractivity contribution >= 4 is 17.7 Å². The van der Waals surface area contributed by atoms with Gasteiger partial charge in [-0.15, -0.1) is 0 Å². The summed E-state index contributed by atoms with van der Waals surface area (Å²) in [7, 11) is 4.95. The Balaban J connectivity index is 1.40. The van der Waals surface area contributed by atoms with Crippen LogP contribution in [0, 0.1) is 63.1 Å². The van der Waals surface area contributed by atoms with E-state index in [0.717, 1.165) is 37.8 Å². The first-order valence-electron chi connectivity index (χ1n) is 17.5. The number of fused-ring (bicyclic) bond motifs is 2. The first-order valence-corrected chi connectivity index (χ1v) is 17.5. The highest BCUT2D eigenvalue weighted by molar-refractivity contribution is 5.97. The summed E-state index contributed by atoms with van der Waals surface area (Å²) in [4.78, 5) is 30.8. The number of carbonyl (C=O) groups excluding carboxylic acids is 2. The minimum absolute atomic E-state index is 0.0634. The lowest BCUT2D eigenvalue weighted by molar-refractivity contribution is -0.293. The van der Waals surface area contributed by atoms with Crippen LogP contribution in [0.4, 0.5) is 0 Å². The third-order valence-electron chi connectivity index (χ3n) is 14.7. The molecule has 0 bridgehead atoms. The van der Waals surface area contributed by atoms with Gasteiger partial charge in [0, 0.05) is 51.7 Å². The van der Waals surface area contributed by atoms with Gasteiger partial charge in [0.1, 0.15) is 13.2 Å². The molecule has 1 heterocycles. The van der Waals surface area contributed by atoms with Crippen molar-refractivity contribution in [1.29, 1.82) is 0 Å². The summed E-state index contributed by atoms with van der Waals surface area (Å²) < 4.78 is 31.0. The maximum atomic E-state index is 12.8. The summed E-state index contributed by atoms with van der Waals surface area (Å²) in [5.41, 5.74) is 1.24. The summed E-state index contributed by atoms with van der Waals surface area (Å²) in [6.45, 7) is 15.4. The van der Waals surface area contributed by atoms with E-state index in [9.17, 15) is 9.59 Å². The number of methoxy groups -OCH3 is 2. The van der Waals surface area contributed by atoms with Crippen molar-refractivity contribution in [2.45, 2.75) is 105 Å². The Hall–Kier alpha value is -1.97.